The quantitative estimate of drug-likeness (QED) is 0.803. The number of anilines is 1. The summed E-state index contributed by atoms with van der Waals surface area (Å²) >= 11 is 0. The number of alkyl halides is 4. The maximum absolute atomic E-state index is 12.7. The zero-order valence-electron chi connectivity index (χ0n) is 8.59. The van der Waals surface area contributed by atoms with Gasteiger partial charge in [0, 0.05) is 12.2 Å². The smallest absolute Gasteiger partial charge is 0.326 e. The third kappa shape index (κ3) is 2.94. The Morgan fingerprint density at radius 1 is 1.35 bits per heavy atom. The summed E-state index contributed by atoms with van der Waals surface area (Å²) in [6.45, 7) is -0.00327. The average Bonchev–Trinajstić information content (AvgIpc) is 2.29. The second-order valence-electron chi connectivity index (χ2n) is 3.24. The van der Waals surface area contributed by atoms with Crippen LogP contribution in [0.5, 0.6) is 0 Å². The third-order valence-electron chi connectivity index (χ3n) is 2.06. The summed E-state index contributed by atoms with van der Waals surface area (Å²) in [5.74, 6) is -6.77. The Morgan fingerprint density at radius 3 is 2.47 bits per heavy atom. The SMILES string of the molecule is NCc1ccccc1NC(=O)C(F)(F)C(F)F. The molecular weight excluding hydrogens is 240 g/mol. The number of amides is 1. The van der Waals surface area contributed by atoms with E-state index in [-0.39, 0.29) is 12.2 Å². The molecule has 1 aromatic rings. The van der Waals surface area contributed by atoms with E-state index in [1.54, 1.807) is 11.4 Å². The summed E-state index contributed by atoms with van der Waals surface area (Å²) < 4.78 is 49.2. The summed E-state index contributed by atoms with van der Waals surface area (Å²) in [4.78, 5) is 11.0. The summed E-state index contributed by atoms with van der Waals surface area (Å²) in [5, 5.41) is 1.73. The van der Waals surface area contributed by atoms with E-state index in [2.05, 4.69) is 0 Å². The van der Waals surface area contributed by atoms with Crippen LogP contribution in [0.15, 0.2) is 24.3 Å². The highest BCUT2D eigenvalue weighted by Crippen LogP contribution is 2.25. The van der Waals surface area contributed by atoms with Crippen LogP contribution in [-0.4, -0.2) is 18.3 Å². The van der Waals surface area contributed by atoms with Crippen LogP contribution >= 0.6 is 0 Å². The third-order valence-corrected chi connectivity index (χ3v) is 2.06. The number of carbonyl (C=O) groups is 1. The predicted octanol–water partition coefficient (Wildman–Crippen LogP) is 1.98. The summed E-state index contributed by atoms with van der Waals surface area (Å²) in [7, 11) is 0. The largest absolute Gasteiger partial charge is 0.383 e. The van der Waals surface area contributed by atoms with Crippen molar-refractivity contribution >= 4 is 11.6 Å². The van der Waals surface area contributed by atoms with Gasteiger partial charge in [0.1, 0.15) is 0 Å². The van der Waals surface area contributed by atoms with Gasteiger partial charge in [-0.1, -0.05) is 18.2 Å². The number of rotatable bonds is 4. The van der Waals surface area contributed by atoms with Crippen LogP contribution in [0.4, 0.5) is 23.2 Å². The molecule has 0 aliphatic rings. The number of hydrogen-bond acceptors (Lipinski definition) is 2. The zero-order chi connectivity index (χ0) is 13.1. The molecule has 94 valence electrons. The Morgan fingerprint density at radius 2 is 1.94 bits per heavy atom. The first-order valence-corrected chi connectivity index (χ1v) is 4.65. The topological polar surface area (TPSA) is 55.1 Å². The molecule has 0 aromatic heterocycles. The van der Waals surface area contributed by atoms with Gasteiger partial charge in [0.25, 0.3) is 0 Å². The standard InChI is InChI=1S/C10H10F4N2O/c11-8(12)10(13,14)9(17)16-7-4-2-1-3-6(7)5-15/h1-4,8H,5,15H2,(H,16,17). The van der Waals surface area contributed by atoms with E-state index < -0.39 is 18.3 Å². The molecule has 17 heavy (non-hydrogen) atoms. The fourth-order valence-corrected chi connectivity index (χ4v) is 1.12. The number of carbonyl (C=O) groups excluding carboxylic acids is 1. The van der Waals surface area contributed by atoms with Gasteiger partial charge in [0.15, 0.2) is 0 Å². The lowest BCUT2D eigenvalue weighted by Gasteiger charge is -2.16. The molecule has 0 saturated carbocycles. The number of benzene rings is 1. The van der Waals surface area contributed by atoms with E-state index in [9.17, 15) is 22.4 Å². The lowest BCUT2D eigenvalue weighted by atomic mass is 10.1. The number of hydrogen-bond donors (Lipinski definition) is 2. The van der Waals surface area contributed by atoms with Crippen LogP contribution in [0.25, 0.3) is 0 Å². The van der Waals surface area contributed by atoms with Gasteiger partial charge in [-0.3, -0.25) is 4.79 Å². The molecule has 0 unspecified atom stereocenters. The molecule has 0 spiro atoms. The van der Waals surface area contributed by atoms with E-state index >= 15 is 0 Å². The highest BCUT2D eigenvalue weighted by atomic mass is 19.3. The Bertz CT molecular complexity index is 409. The van der Waals surface area contributed by atoms with E-state index in [0.29, 0.717) is 5.56 Å². The zero-order valence-corrected chi connectivity index (χ0v) is 8.59. The van der Waals surface area contributed by atoms with E-state index in [1.165, 1.54) is 18.2 Å². The van der Waals surface area contributed by atoms with Crippen molar-refractivity contribution in [3.05, 3.63) is 29.8 Å². The number of para-hydroxylation sites is 1. The Kier molecular flexibility index (Phi) is 4.06. The van der Waals surface area contributed by atoms with E-state index in [1.807, 2.05) is 0 Å². The highest BCUT2D eigenvalue weighted by Gasteiger charge is 2.49. The molecule has 3 N–H and O–H groups in total. The second kappa shape index (κ2) is 5.13. The van der Waals surface area contributed by atoms with Gasteiger partial charge >= 0.3 is 18.3 Å². The normalized spacial score (nSPS) is 11.6. The second-order valence-corrected chi connectivity index (χ2v) is 3.24. The molecule has 0 saturated heterocycles. The first-order valence-electron chi connectivity index (χ1n) is 4.65. The minimum atomic E-state index is -4.72. The fourth-order valence-electron chi connectivity index (χ4n) is 1.12. The van der Waals surface area contributed by atoms with Gasteiger partial charge in [-0.25, -0.2) is 8.78 Å². The van der Waals surface area contributed by atoms with Gasteiger partial charge in [0.2, 0.25) is 0 Å². The van der Waals surface area contributed by atoms with Crippen molar-refractivity contribution in [3.63, 3.8) is 0 Å². The predicted molar refractivity (Wildman–Crippen MR) is 53.9 cm³/mol. The van der Waals surface area contributed by atoms with Gasteiger partial charge in [-0.2, -0.15) is 8.78 Å². The van der Waals surface area contributed by atoms with Crippen molar-refractivity contribution in [3.8, 4) is 0 Å². The van der Waals surface area contributed by atoms with E-state index in [4.69, 9.17) is 5.73 Å². The minimum absolute atomic E-state index is 0.000301. The molecule has 0 aliphatic heterocycles. The lowest BCUT2D eigenvalue weighted by Crippen LogP contribution is -2.41. The van der Waals surface area contributed by atoms with Crippen LogP contribution in [-0.2, 0) is 11.3 Å². The first kappa shape index (κ1) is 13.4. The Labute approximate surface area is 94.6 Å². The van der Waals surface area contributed by atoms with Crippen LogP contribution in [0, 0.1) is 0 Å². The monoisotopic (exact) mass is 250 g/mol. The van der Waals surface area contributed by atoms with Crippen molar-refractivity contribution in [1.29, 1.82) is 0 Å². The van der Waals surface area contributed by atoms with Crippen molar-refractivity contribution in [2.75, 3.05) is 5.32 Å². The van der Waals surface area contributed by atoms with Gasteiger partial charge in [-0.05, 0) is 11.6 Å². The molecule has 1 rings (SSSR count). The van der Waals surface area contributed by atoms with Crippen molar-refractivity contribution in [2.45, 2.75) is 18.9 Å². The first-order chi connectivity index (χ1) is 7.89. The molecule has 0 heterocycles. The van der Waals surface area contributed by atoms with Gasteiger partial charge < -0.3 is 11.1 Å². The number of halogens is 4. The van der Waals surface area contributed by atoms with E-state index in [0.717, 1.165) is 0 Å². The van der Waals surface area contributed by atoms with Crippen LogP contribution in [0.3, 0.4) is 0 Å². The molecule has 0 radical (unpaired) electrons. The summed E-state index contributed by atoms with van der Waals surface area (Å²) in [6.07, 6.45) is -4.05. The Hall–Kier alpha value is -1.63. The molecular formula is C10H10F4N2O. The molecule has 1 amide bonds. The lowest BCUT2D eigenvalue weighted by molar-refractivity contribution is -0.163. The van der Waals surface area contributed by atoms with Crippen molar-refractivity contribution in [2.24, 2.45) is 5.73 Å². The molecule has 0 atom stereocenters. The minimum Gasteiger partial charge on any atom is -0.326 e. The molecule has 0 fully saturated rings. The van der Waals surface area contributed by atoms with Crippen LogP contribution < -0.4 is 11.1 Å². The van der Waals surface area contributed by atoms with Crippen LogP contribution in [0.1, 0.15) is 5.56 Å². The van der Waals surface area contributed by atoms with Crippen molar-refractivity contribution < 1.29 is 22.4 Å². The average molecular weight is 250 g/mol. The molecule has 0 aliphatic carbocycles. The maximum atomic E-state index is 12.7. The maximum Gasteiger partial charge on any atom is 0.383 e. The molecule has 7 heteroatoms. The molecule has 1 aromatic carbocycles. The Balaban J connectivity index is 2.88. The number of nitrogens with two attached hydrogens (primary N) is 1. The molecule has 3 nitrogen and oxygen atoms in total. The van der Waals surface area contributed by atoms with Gasteiger partial charge in [-0.15, -0.1) is 0 Å². The number of nitrogens with one attached hydrogen (secondary N) is 1. The highest BCUT2D eigenvalue weighted by molar-refractivity contribution is 5.96. The molecule has 0 bridgehead atoms. The van der Waals surface area contributed by atoms with Gasteiger partial charge in [0.05, 0.1) is 0 Å². The fraction of sp³-hybridized carbons (Fsp3) is 0.300. The van der Waals surface area contributed by atoms with Crippen molar-refractivity contribution in [1.82, 2.24) is 0 Å². The summed E-state index contributed by atoms with van der Waals surface area (Å²) in [5.41, 5.74) is 5.69. The van der Waals surface area contributed by atoms with Crippen LogP contribution in [0.2, 0.25) is 0 Å². The summed E-state index contributed by atoms with van der Waals surface area (Å²) in [6, 6.07) is 5.86.